The molecule has 1 aliphatic heterocycles. The van der Waals surface area contributed by atoms with E-state index in [1.165, 1.54) is 5.56 Å². The number of aryl methyl sites for hydroxylation is 3. The molecule has 0 unspecified atom stereocenters. The number of carbonyl (C=O) groups excluding carboxylic acids is 2. The Hall–Kier alpha value is -2.69. The molecule has 130 valence electrons. The van der Waals surface area contributed by atoms with Crippen LogP contribution in [0.5, 0.6) is 0 Å². The van der Waals surface area contributed by atoms with Crippen molar-refractivity contribution < 1.29 is 9.59 Å². The highest BCUT2D eigenvalue weighted by molar-refractivity contribution is 6.02. The van der Waals surface area contributed by atoms with Crippen molar-refractivity contribution in [1.29, 1.82) is 0 Å². The Labute approximate surface area is 148 Å². The number of pyridine rings is 1. The number of hydrogen-bond acceptors (Lipinski definition) is 3. The predicted molar refractivity (Wildman–Crippen MR) is 97.5 cm³/mol. The number of nitrogens with zero attached hydrogens (tertiary/aromatic N) is 2. The molecule has 0 aliphatic carbocycles. The maximum atomic E-state index is 12.8. The minimum Gasteiger partial charge on any atom is -0.344 e. The molecule has 3 rings (SSSR count). The molecule has 0 saturated carbocycles. The summed E-state index contributed by atoms with van der Waals surface area (Å²) in [5.74, 6) is -0.165. The molecule has 1 atom stereocenters. The fourth-order valence-corrected chi connectivity index (χ4v) is 3.57. The SMILES string of the molecule is Cc1cc(C)c(N2CC[C@@H](NC(=O)Cc3ccncc3)C2=O)c(C)c1. The second kappa shape index (κ2) is 7.05. The molecule has 2 amide bonds. The van der Waals surface area contributed by atoms with Gasteiger partial charge in [0.25, 0.3) is 0 Å². The molecule has 1 aromatic heterocycles. The topological polar surface area (TPSA) is 62.3 Å². The summed E-state index contributed by atoms with van der Waals surface area (Å²) < 4.78 is 0. The van der Waals surface area contributed by atoms with Crippen molar-refractivity contribution in [2.45, 2.75) is 39.7 Å². The molecule has 1 aromatic carbocycles. The van der Waals surface area contributed by atoms with Gasteiger partial charge in [0, 0.05) is 24.6 Å². The van der Waals surface area contributed by atoms with Gasteiger partial charge in [-0.05, 0) is 56.0 Å². The maximum absolute atomic E-state index is 12.8. The van der Waals surface area contributed by atoms with E-state index in [2.05, 4.69) is 29.4 Å². The molecule has 0 spiro atoms. The van der Waals surface area contributed by atoms with E-state index in [-0.39, 0.29) is 18.2 Å². The van der Waals surface area contributed by atoms with Crippen LogP contribution in [0.3, 0.4) is 0 Å². The van der Waals surface area contributed by atoms with E-state index in [1.54, 1.807) is 24.5 Å². The van der Waals surface area contributed by atoms with Gasteiger partial charge >= 0.3 is 0 Å². The van der Waals surface area contributed by atoms with Crippen LogP contribution in [-0.2, 0) is 16.0 Å². The number of carbonyl (C=O) groups is 2. The highest BCUT2D eigenvalue weighted by atomic mass is 16.2. The summed E-state index contributed by atoms with van der Waals surface area (Å²) in [7, 11) is 0. The van der Waals surface area contributed by atoms with Crippen LogP contribution < -0.4 is 10.2 Å². The zero-order chi connectivity index (χ0) is 18.0. The lowest BCUT2D eigenvalue weighted by atomic mass is 10.0. The van der Waals surface area contributed by atoms with Crippen molar-refractivity contribution in [3.63, 3.8) is 0 Å². The molecule has 25 heavy (non-hydrogen) atoms. The maximum Gasteiger partial charge on any atom is 0.249 e. The largest absolute Gasteiger partial charge is 0.344 e. The molecule has 1 aliphatic rings. The van der Waals surface area contributed by atoms with E-state index in [0.29, 0.717) is 13.0 Å². The Bertz CT molecular complexity index is 779. The third kappa shape index (κ3) is 3.71. The van der Waals surface area contributed by atoms with Gasteiger partial charge in [0.15, 0.2) is 0 Å². The predicted octanol–water partition coefficient (Wildman–Crippen LogP) is 2.47. The zero-order valence-corrected chi connectivity index (χ0v) is 14.9. The van der Waals surface area contributed by atoms with Crippen molar-refractivity contribution in [2.24, 2.45) is 0 Å². The molecule has 2 heterocycles. The van der Waals surface area contributed by atoms with Gasteiger partial charge in [-0.3, -0.25) is 14.6 Å². The summed E-state index contributed by atoms with van der Waals surface area (Å²) in [5, 5.41) is 2.88. The van der Waals surface area contributed by atoms with Gasteiger partial charge in [0.05, 0.1) is 6.42 Å². The molecule has 1 saturated heterocycles. The van der Waals surface area contributed by atoms with Crippen molar-refractivity contribution in [2.75, 3.05) is 11.4 Å². The molecular weight excluding hydrogens is 314 g/mol. The highest BCUT2D eigenvalue weighted by Gasteiger charge is 2.34. The molecule has 0 bridgehead atoms. The van der Waals surface area contributed by atoms with Crippen molar-refractivity contribution in [1.82, 2.24) is 10.3 Å². The summed E-state index contributed by atoms with van der Waals surface area (Å²) in [6, 6.07) is 7.34. The van der Waals surface area contributed by atoms with Crippen LogP contribution in [-0.4, -0.2) is 29.4 Å². The monoisotopic (exact) mass is 337 g/mol. The average molecular weight is 337 g/mol. The van der Waals surface area contributed by atoms with Gasteiger partial charge < -0.3 is 10.2 Å². The number of aromatic nitrogens is 1. The third-order valence-electron chi connectivity index (χ3n) is 4.56. The Morgan fingerprint density at radius 2 is 1.84 bits per heavy atom. The summed E-state index contributed by atoms with van der Waals surface area (Å²) in [5.41, 5.74) is 5.23. The van der Waals surface area contributed by atoms with Crippen LogP contribution in [0.2, 0.25) is 0 Å². The van der Waals surface area contributed by atoms with Gasteiger partial charge in [-0.1, -0.05) is 17.7 Å². The van der Waals surface area contributed by atoms with Crippen molar-refractivity contribution in [3.8, 4) is 0 Å². The van der Waals surface area contributed by atoms with Gasteiger partial charge in [-0.25, -0.2) is 0 Å². The minimum absolute atomic E-state index is 0.0295. The minimum atomic E-state index is -0.450. The van der Waals surface area contributed by atoms with E-state index < -0.39 is 6.04 Å². The summed E-state index contributed by atoms with van der Waals surface area (Å²) in [4.78, 5) is 30.8. The molecule has 5 heteroatoms. The number of anilines is 1. The van der Waals surface area contributed by atoms with Crippen LogP contribution in [0.25, 0.3) is 0 Å². The third-order valence-corrected chi connectivity index (χ3v) is 4.56. The summed E-state index contributed by atoms with van der Waals surface area (Å²) in [6.45, 7) is 6.73. The van der Waals surface area contributed by atoms with E-state index in [1.807, 2.05) is 18.7 Å². The average Bonchev–Trinajstić information content (AvgIpc) is 2.88. The number of benzene rings is 1. The standard InChI is InChI=1S/C20H23N3O2/c1-13-10-14(2)19(15(3)11-13)23-9-6-17(20(23)25)22-18(24)12-16-4-7-21-8-5-16/h4-5,7-8,10-11,17H,6,9,12H2,1-3H3,(H,22,24)/t17-/m1/s1. The van der Waals surface area contributed by atoms with Crippen molar-refractivity contribution >= 4 is 17.5 Å². The smallest absolute Gasteiger partial charge is 0.249 e. The first kappa shape index (κ1) is 17.1. The Balaban J connectivity index is 1.69. The number of amides is 2. The van der Waals surface area contributed by atoms with E-state index >= 15 is 0 Å². The van der Waals surface area contributed by atoms with Crippen LogP contribution in [0, 0.1) is 20.8 Å². The molecule has 0 radical (unpaired) electrons. The normalized spacial score (nSPS) is 17.0. The van der Waals surface area contributed by atoms with Crippen LogP contribution in [0.15, 0.2) is 36.7 Å². The van der Waals surface area contributed by atoms with Crippen molar-refractivity contribution in [3.05, 3.63) is 58.9 Å². The van der Waals surface area contributed by atoms with Crippen LogP contribution in [0.1, 0.15) is 28.7 Å². The van der Waals surface area contributed by atoms with Gasteiger partial charge in [-0.2, -0.15) is 0 Å². The highest BCUT2D eigenvalue weighted by Crippen LogP contribution is 2.30. The second-order valence-electron chi connectivity index (χ2n) is 6.68. The first-order valence-electron chi connectivity index (χ1n) is 8.53. The molecular formula is C20H23N3O2. The molecule has 1 N–H and O–H groups in total. The van der Waals surface area contributed by atoms with Gasteiger partial charge in [0.2, 0.25) is 11.8 Å². The second-order valence-corrected chi connectivity index (χ2v) is 6.68. The van der Waals surface area contributed by atoms with Crippen LogP contribution >= 0.6 is 0 Å². The van der Waals surface area contributed by atoms with E-state index in [9.17, 15) is 9.59 Å². The fourth-order valence-electron chi connectivity index (χ4n) is 3.57. The van der Waals surface area contributed by atoms with E-state index in [4.69, 9.17) is 0 Å². The Morgan fingerprint density at radius 1 is 1.20 bits per heavy atom. The van der Waals surface area contributed by atoms with Gasteiger partial charge in [-0.15, -0.1) is 0 Å². The van der Waals surface area contributed by atoms with Gasteiger partial charge in [0.1, 0.15) is 6.04 Å². The summed E-state index contributed by atoms with van der Waals surface area (Å²) in [6.07, 6.45) is 4.21. The fraction of sp³-hybridized carbons (Fsp3) is 0.350. The molecule has 5 nitrogen and oxygen atoms in total. The molecule has 1 fully saturated rings. The summed E-state index contributed by atoms with van der Waals surface area (Å²) >= 11 is 0. The zero-order valence-electron chi connectivity index (χ0n) is 14.9. The lowest BCUT2D eigenvalue weighted by Gasteiger charge is -2.22. The quantitative estimate of drug-likeness (QED) is 0.932. The van der Waals surface area contributed by atoms with E-state index in [0.717, 1.165) is 22.4 Å². The number of nitrogens with one attached hydrogen (secondary N) is 1. The van der Waals surface area contributed by atoms with Crippen LogP contribution in [0.4, 0.5) is 5.69 Å². The first-order valence-corrected chi connectivity index (χ1v) is 8.53. The lowest BCUT2D eigenvalue weighted by molar-refractivity contribution is -0.126. The lowest BCUT2D eigenvalue weighted by Crippen LogP contribution is -2.42. The number of rotatable bonds is 4. The Morgan fingerprint density at radius 3 is 2.48 bits per heavy atom. The number of hydrogen-bond donors (Lipinski definition) is 1. The Kier molecular flexibility index (Phi) is 4.83. The molecule has 2 aromatic rings. The first-order chi connectivity index (χ1) is 12.0.